The lowest BCUT2D eigenvalue weighted by atomic mass is 10.1. The molecule has 2 rings (SSSR count). The molecule has 0 aliphatic carbocycles. The van der Waals surface area contributed by atoms with Gasteiger partial charge in [0.1, 0.15) is 0 Å². The topological polar surface area (TPSA) is 66.8 Å². The summed E-state index contributed by atoms with van der Waals surface area (Å²) in [6.07, 6.45) is 0. The van der Waals surface area contributed by atoms with Gasteiger partial charge in [0, 0.05) is 5.56 Å². The van der Waals surface area contributed by atoms with Crippen LogP contribution in [-0.2, 0) is 4.74 Å². The number of carbonyl (C=O) groups is 2. The molecule has 0 aliphatic rings. The third kappa shape index (κ3) is 3.46. The van der Waals surface area contributed by atoms with Crippen molar-refractivity contribution in [2.24, 2.45) is 0 Å². The van der Waals surface area contributed by atoms with Gasteiger partial charge in [-0.05, 0) is 43.3 Å². The molecule has 21 heavy (non-hydrogen) atoms. The highest BCUT2D eigenvalue weighted by atomic mass is 16.5. The minimum absolute atomic E-state index is 0.273. The molecule has 5 nitrogen and oxygen atoms in total. The standard InChI is InChI=1S/C16H15NO4/c1-2-21-16(19)13-10-8-12(9-11-13)15(18)17(20)14-6-4-3-5-7-14/h3-11,20H,2H2,1H3. The lowest BCUT2D eigenvalue weighted by Crippen LogP contribution is -2.26. The number of anilines is 1. The Balaban J connectivity index is 2.15. The van der Waals surface area contributed by atoms with E-state index in [9.17, 15) is 14.8 Å². The first-order valence-corrected chi connectivity index (χ1v) is 6.49. The average molecular weight is 285 g/mol. The molecule has 0 saturated heterocycles. The van der Waals surface area contributed by atoms with Gasteiger partial charge in [-0.1, -0.05) is 18.2 Å². The molecule has 0 heterocycles. The first-order chi connectivity index (χ1) is 10.1. The lowest BCUT2D eigenvalue weighted by molar-refractivity contribution is 0.0526. The van der Waals surface area contributed by atoms with Crippen LogP contribution in [0, 0.1) is 0 Å². The summed E-state index contributed by atoms with van der Waals surface area (Å²) in [6, 6.07) is 14.4. The Bertz CT molecular complexity index is 622. The normalized spacial score (nSPS) is 10.0. The maximum atomic E-state index is 12.1. The molecular formula is C16H15NO4. The monoisotopic (exact) mass is 285 g/mol. The van der Waals surface area contributed by atoms with Crippen LogP contribution in [-0.4, -0.2) is 23.7 Å². The van der Waals surface area contributed by atoms with E-state index < -0.39 is 11.9 Å². The van der Waals surface area contributed by atoms with Crippen molar-refractivity contribution in [1.82, 2.24) is 0 Å². The number of esters is 1. The Morgan fingerprint density at radius 2 is 1.57 bits per heavy atom. The zero-order chi connectivity index (χ0) is 15.2. The van der Waals surface area contributed by atoms with E-state index in [0.29, 0.717) is 16.3 Å². The number of hydroxylamine groups is 1. The SMILES string of the molecule is CCOC(=O)c1ccc(C(=O)N(O)c2ccccc2)cc1. The van der Waals surface area contributed by atoms with Crippen molar-refractivity contribution in [2.75, 3.05) is 11.7 Å². The number of para-hydroxylation sites is 1. The molecule has 1 amide bonds. The Morgan fingerprint density at radius 1 is 1.00 bits per heavy atom. The van der Waals surface area contributed by atoms with Crippen molar-refractivity contribution in [3.63, 3.8) is 0 Å². The van der Waals surface area contributed by atoms with Crippen LogP contribution in [0.5, 0.6) is 0 Å². The molecule has 0 aliphatic heterocycles. The van der Waals surface area contributed by atoms with Gasteiger partial charge in [-0.2, -0.15) is 5.06 Å². The van der Waals surface area contributed by atoms with E-state index >= 15 is 0 Å². The van der Waals surface area contributed by atoms with E-state index in [4.69, 9.17) is 4.74 Å². The van der Waals surface area contributed by atoms with Gasteiger partial charge in [0.2, 0.25) is 0 Å². The Hall–Kier alpha value is -2.66. The maximum Gasteiger partial charge on any atom is 0.338 e. The molecular weight excluding hydrogens is 270 g/mol. The Kier molecular flexibility index (Phi) is 4.68. The minimum atomic E-state index is -0.573. The van der Waals surface area contributed by atoms with E-state index in [1.807, 2.05) is 0 Å². The lowest BCUT2D eigenvalue weighted by Gasteiger charge is -2.14. The largest absolute Gasteiger partial charge is 0.462 e. The van der Waals surface area contributed by atoms with Gasteiger partial charge < -0.3 is 4.74 Å². The zero-order valence-corrected chi connectivity index (χ0v) is 11.5. The molecule has 0 bridgehead atoms. The van der Waals surface area contributed by atoms with Crippen molar-refractivity contribution in [2.45, 2.75) is 6.92 Å². The molecule has 2 aromatic rings. The molecule has 0 fully saturated rings. The van der Waals surface area contributed by atoms with E-state index in [2.05, 4.69) is 0 Å². The van der Waals surface area contributed by atoms with Crippen LogP contribution < -0.4 is 5.06 Å². The molecule has 2 aromatic carbocycles. The summed E-state index contributed by atoms with van der Waals surface area (Å²) in [6.45, 7) is 2.01. The van der Waals surface area contributed by atoms with Crippen LogP contribution in [0.4, 0.5) is 5.69 Å². The molecule has 0 atom stereocenters. The van der Waals surface area contributed by atoms with Crippen molar-refractivity contribution < 1.29 is 19.5 Å². The van der Waals surface area contributed by atoms with Crippen molar-refractivity contribution >= 4 is 17.6 Å². The van der Waals surface area contributed by atoms with Gasteiger partial charge in [-0.3, -0.25) is 10.0 Å². The van der Waals surface area contributed by atoms with Crippen LogP contribution in [0.3, 0.4) is 0 Å². The van der Waals surface area contributed by atoms with Crippen molar-refractivity contribution in [1.29, 1.82) is 0 Å². The molecule has 0 saturated carbocycles. The summed E-state index contributed by atoms with van der Waals surface area (Å²) < 4.78 is 4.86. The predicted octanol–water partition coefficient (Wildman–Crippen LogP) is 2.90. The summed E-state index contributed by atoms with van der Waals surface area (Å²) >= 11 is 0. The number of amides is 1. The molecule has 5 heteroatoms. The smallest absolute Gasteiger partial charge is 0.338 e. The summed E-state index contributed by atoms with van der Waals surface area (Å²) in [5.74, 6) is -1.02. The number of benzene rings is 2. The van der Waals surface area contributed by atoms with E-state index in [1.165, 1.54) is 24.3 Å². The molecule has 0 unspecified atom stereocenters. The number of ether oxygens (including phenoxy) is 1. The van der Waals surface area contributed by atoms with Crippen LogP contribution in [0.2, 0.25) is 0 Å². The average Bonchev–Trinajstić information content (AvgIpc) is 2.54. The fourth-order valence-corrected chi connectivity index (χ4v) is 1.77. The van der Waals surface area contributed by atoms with Gasteiger partial charge in [0.05, 0.1) is 17.9 Å². The van der Waals surface area contributed by atoms with Crippen molar-refractivity contribution in [3.8, 4) is 0 Å². The number of hydrogen-bond donors (Lipinski definition) is 1. The number of rotatable bonds is 4. The number of carbonyl (C=O) groups excluding carboxylic acids is 2. The van der Waals surface area contributed by atoms with Gasteiger partial charge >= 0.3 is 5.97 Å². The molecule has 1 N–H and O–H groups in total. The molecule has 0 spiro atoms. The molecule has 108 valence electrons. The van der Waals surface area contributed by atoms with Crippen LogP contribution in [0.15, 0.2) is 54.6 Å². The third-order valence-electron chi connectivity index (χ3n) is 2.84. The predicted molar refractivity (Wildman–Crippen MR) is 77.4 cm³/mol. The summed E-state index contributed by atoms with van der Waals surface area (Å²) in [5.41, 5.74) is 1.00. The highest BCUT2D eigenvalue weighted by molar-refractivity contribution is 6.04. The number of hydrogen-bond acceptors (Lipinski definition) is 4. The quantitative estimate of drug-likeness (QED) is 0.533. The highest BCUT2D eigenvalue weighted by Crippen LogP contribution is 2.15. The van der Waals surface area contributed by atoms with Gasteiger partial charge in [0.15, 0.2) is 0 Å². The number of nitrogens with zero attached hydrogens (tertiary/aromatic N) is 1. The summed E-state index contributed by atoms with van der Waals surface area (Å²) in [7, 11) is 0. The van der Waals surface area contributed by atoms with Crippen LogP contribution >= 0.6 is 0 Å². The zero-order valence-electron chi connectivity index (χ0n) is 11.5. The minimum Gasteiger partial charge on any atom is -0.462 e. The first-order valence-electron chi connectivity index (χ1n) is 6.49. The second kappa shape index (κ2) is 6.67. The molecule has 0 aromatic heterocycles. The summed E-state index contributed by atoms with van der Waals surface area (Å²) in [5, 5.41) is 10.5. The van der Waals surface area contributed by atoms with Gasteiger partial charge in [0.25, 0.3) is 5.91 Å². The second-order valence-corrected chi connectivity index (χ2v) is 4.25. The first kappa shape index (κ1) is 14.7. The van der Waals surface area contributed by atoms with E-state index in [0.717, 1.165) is 0 Å². The second-order valence-electron chi connectivity index (χ2n) is 4.25. The van der Waals surface area contributed by atoms with E-state index in [1.54, 1.807) is 37.3 Å². The fraction of sp³-hybridized carbons (Fsp3) is 0.125. The third-order valence-corrected chi connectivity index (χ3v) is 2.84. The fourth-order valence-electron chi connectivity index (χ4n) is 1.77. The highest BCUT2D eigenvalue weighted by Gasteiger charge is 2.16. The molecule has 0 radical (unpaired) electrons. The Labute approximate surface area is 122 Å². The van der Waals surface area contributed by atoms with E-state index in [-0.39, 0.29) is 12.2 Å². The Morgan fingerprint density at radius 3 is 2.14 bits per heavy atom. The van der Waals surface area contributed by atoms with Crippen LogP contribution in [0.1, 0.15) is 27.6 Å². The maximum absolute atomic E-state index is 12.1. The van der Waals surface area contributed by atoms with Crippen LogP contribution in [0.25, 0.3) is 0 Å². The van der Waals surface area contributed by atoms with Gasteiger partial charge in [-0.15, -0.1) is 0 Å². The van der Waals surface area contributed by atoms with Gasteiger partial charge in [-0.25, -0.2) is 4.79 Å². The van der Waals surface area contributed by atoms with Crippen molar-refractivity contribution in [3.05, 3.63) is 65.7 Å². The summed E-state index contributed by atoms with van der Waals surface area (Å²) in [4.78, 5) is 23.6.